The Morgan fingerprint density at radius 2 is 1.90 bits per heavy atom. The summed E-state index contributed by atoms with van der Waals surface area (Å²) in [5, 5.41) is 4.96. The molecular formula is C22H27N3O4. The summed E-state index contributed by atoms with van der Waals surface area (Å²) in [6.07, 6.45) is 4.88. The van der Waals surface area contributed by atoms with Gasteiger partial charge in [-0.1, -0.05) is 17.3 Å². The molecule has 0 aliphatic carbocycles. The normalized spacial score (nSPS) is 24.5. The van der Waals surface area contributed by atoms with Crippen LogP contribution in [0.15, 0.2) is 28.8 Å². The fraction of sp³-hybridized carbons (Fsp3) is 0.591. The Morgan fingerprint density at radius 1 is 1.14 bits per heavy atom. The largest absolute Gasteiger partial charge is 0.461 e. The molecule has 7 nitrogen and oxygen atoms in total. The van der Waals surface area contributed by atoms with Gasteiger partial charge < -0.3 is 14.2 Å². The third-order valence-electron chi connectivity index (χ3n) is 6.83. The first-order chi connectivity index (χ1) is 14.1. The fourth-order valence-electron chi connectivity index (χ4n) is 5.11. The molecule has 1 aromatic heterocycles. The number of para-hydroxylation sites is 1. The lowest BCUT2D eigenvalue weighted by molar-refractivity contribution is -0.152. The Balaban J connectivity index is 1.18. The summed E-state index contributed by atoms with van der Waals surface area (Å²) in [4.78, 5) is 29.7. The zero-order valence-corrected chi connectivity index (χ0v) is 16.6. The number of aromatic nitrogens is 1. The predicted molar refractivity (Wildman–Crippen MR) is 106 cm³/mol. The van der Waals surface area contributed by atoms with Gasteiger partial charge in [0.05, 0.1) is 11.8 Å². The van der Waals surface area contributed by atoms with E-state index in [1.54, 1.807) is 0 Å². The molecule has 3 fully saturated rings. The monoisotopic (exact) mass is 397 g/mol. The van der Waals surface area contributed by atoms with Crippen LogP contribution in [0.2, 0.25) is 0 Å². The van der Waals surface area contributed by atoms with Gasteiger partial charge in [-0.15, -0.1) is 0 Å². The summed E-state index contributed by atoms with van der Waals surface area (Å²) < 4.78 is 11.0. The molecule has 5 rings (SSSR count). The number of likely N-dealkylation sites (tertiary alicyclic amines) is 2. The van der Waals surface area contributed by atoms with E-state index in [2.05, 4.69) is 10.1 Å². The minimum atomic E-state index is -0.401. The number of hydrogen-bond acceptors (Lipinski definition) is 6. The molecule has 0 N–H and O–H groups in total. The highest BCUT2D eigenvalue weighted by molar-refractivity contribution is 5.86. The molecular weight excluding hydrogens is 370 g/mol. The number of carbonyl (C=O) groups excluding carboxylic acids is 2. The lowest BCUT2D eigenvalue weighted by Gasteiger charge is -2.36. The third-order valence-corrected chi connectivity index (χ3v) is 6.83. The van der Waals surface area contributed by atoms with E-state index >= 15 is 0 Å². The second-order valence-electron chi connectivity index (χ2n) is 8.70. The minimum absolute atomic E-state index is 0.00402. The maximum Gasteiger partial charge on any atom is 0.312 e. The van der Waals surface area contributed by atoms with Crippen molar-refractivity contribution in [2.75, 3.05) is 32.7 Å². The molecule has 0 bridgehead atoms. The van der Waals surface area contributed by atoms with Gasteiger partial charge in [-0.3, -0.25) is 14.5 Å². The molecule has 3 saturated heterocycles. The second-order valence-corrected chi connectivity index (χ2v) is 8.70. The highest BCUT2D eigenvalue weighted by Crippen LogP contribution is 2.43. The van der Waals surface area contributed by atoms with Crippen molar-refractivity contribution in [1.29, 1.82) is 0 Å². The molecule has 7 heteroatoms. The highest BCUT2D eigenvalue weighted by Gasteiger charge is 2.51. The first-order valence-electron chi connectivity index (χ1n) is 10.7. The topological polar surface area (TPSA) is 75.9 Å². The van der Waals surface area contributed by atoms with Gasteiger partial charge in [-0.2, -0.15) is 0 Å². The molecule has 0 radical (unpaired) electrons. The number of carbonyl (C=O) groups is 2. The molecule has 1 unspecified atom stereocenters. The van der Waals surface area contributed by atoms with Crippen molar-refractivity contribution < 1.29 is 18.8 Å². The Labute approximate surface area is 169 Å². The number of amides is 1. The zero-order chi connectivity index (χ0) is 19.8. The summed E-state index contributed by atoms with van der Waals surface area (Å²) in [5.74, 6) is -0.0184. The first-order valence-corrected chi connectivity index (χ1v) is 10.7. The van der Waals surface area contributed by atoms with Crippen LogP contribution in [-0.4, -0.2) is 65.7 Å². The van der Waals surface area contributed by atoms with Gasteiger partial charge in [0.15, 0.2) is 5.58 Å². The summed E-state index contributed by atoms with van der Waals surface area (Å²) in [6.45, 7) is 4.27. The number of rotatable bonds is 4. The van der Waals surface area contributed by atoms with Crippen molar-refractivity contribution in [2.45, 2.75) is 44.6 Å². The Bertz CT molecular complexity index is 910. The van der Waals surface area contributed by atoms with E-state index in [-0.39, 0.29) is 24.4 Å². The van der Waals surface area contributed by atoms with E-state index < -0.39 is 5.41 Å². The fourth-order valence-corrected chi connectivity index (χ4v) is 5.11. The summed E-state index contributed by atoms with van der Waals surface area (Å²) in [5.41, 5.74) is 0.976. The van der Waals surface area contributed by atoms with E-state index in [9.17, 15) is 9.59 Å². The minimum Gasteiger partial charge on any atom is -0.461 e. The van der Waals surface area contributed by atoms with Crippen LogP contribution < -0.4 is 0 Å². The molecule has 0 saturated carbocycles. The van der Waals surface area contributed by atoms with Crippen molar-refractivity contribution in [2.24, 2.45) is 5.41 Å². The van der Waals surface area contributed by atoms with Gasteiger partial charge in [-0.25, -0.2) is 0 Å². The Kier molecular flexibility index (Phi) is 4.78. The van der Waals surface area contributed by atoms with Gasteiger partial charge in [-0.05, 0) is 50.9 Å². The van der Waals surface area contributed by atoms with Crippen molar-refractivity contribution in [3.63, 3.8) is 0 Å². The molecule has 3 aliphatic rings. The molecule has 1 spiro atoms. The Hall–Kier alpha value is -2.41. The van der Waals surface area contributed by atoms with Crippen LogP contribution in [0.3, 0.4) is 0 Å². The average molecular weight is 397 g/mol. The highest BCUT2D eigenvalue weighted by atomic mass is 16.6. The number of fused-ring (bicyclic) bond motifs is 1. The third kappa shape index (κ3) is 3.52. The maximum atomic E-state index is 12.8. The van der Waals surface area contributed by atoms with E-state index in [0.717, 1.165) is 31.4 Å². The molecule has 1 aromatic carbocycles. The number of hydrogen-bond donors (Lipinski definition) is 0. The first kappa shape index (κ1) is 18.6. The predicted octanol–water partition coefficient (Wildman–Crippen LogP) is 2.39. The summed E-state index contributed by atoms with van der Waals surface area (Å²) in [6, 6.07) is 7.59. The molecule has 3 aliphatic heterocycles. The quantitative estimate of drug-likeness (QED) is 0.738. The smallest absolute Gasteiger partial charge is 0.312 e. The van der Waals surface area contributed by atoms with Crippen molar-refractivity contribution in [3.8, 4) is 0 Å². The van der Waals surface area contributed by atoms with Crippen LogP contribution >= 0.6 is 0 Å². The molecule has 1 amide bonds. The second kappa shape index (κ2) is 7.44. The number of cyclic esters (lactones) is 1. The van der Waals surface area contributed by atoms with Gasteiger partial charge >= 0.3 is 5.97 Å². The summed E-state index contributed by atoms with van der Waals surface area (Å²) >= 11 is 0. The van der Waals surface area contributed by atoms with E-state index in [1.807, 2.05) is 29.2 Å². The summed E-state index contributed by atoms with van der Waals surface area (Å²) in [7, 11) is 0. The standard InChI is InChI=1S/C22H27N3O4/c26-20(13-18-17-5-1-2-6-19(17)29-23-18)25-11-7-22(8-12-25)14-16(28-21(22)27)15-24-9-3-4-10-24/h1-2,5-6,16H,3-4,7-15H2. The number of esters is 1. The average Bonchev–Trinajstić information content (AvgIpc) is 3.44. The van der Waals surface area contributed by atoms with Crippen LogP contribution in [0.25, 0.3) is 11.0 Å². The number of nitrogens with zero attached hydrogens (tertiary/aromatic N) is 3. The van der Waals surface area contributed by atoms with Crippen molar-refractivity contribution >= 4 is 22.8 Å². The number of benzene rings is 1. The maximum absolute atomic E-state index is 12.8. The van der Waals surface area contributed by atoms with E-state index in [0.29, 0.717) is 37.2 Å². The SMILES string of the molecule is O=C(Cc1noc2ccccc12)N1CCC2(CC1)CC(CN1CCCC1)OC2=O. The van der Waals surface area contributed by atoms with Crippen LogP contribution in [0.5, 0.6) is 0 Å². The number of ether oxygens (including phenoxy) is 1. The molecule has 1 atom stereocenters. The molecule has 2 aromatic rings. The Morgan fingerprint density at radius 3 is 2.69 bits per heavy atom. The van der Waals surface area contributed by atoms with Crippen molar-refractivity contribution in [1.82, 2.24) is 15.0 Å². The van der Waals surface area contributed by atoms with Gasteiger partial charge in [0, 0.05) is 31.4 Å². The molecule has 4 heterocycles. The van der Waals surface area contributed by atoms with E-state index in [1.165, 1.54) is 12.8 Å². The lowest BCUT2D eigenvalue weighted by atomic mass is 9.76. The van der Waals surface area contributed by atoms with Crippen LogP contribution in [-0.2, 0) is 20.7 Å². The number of piperidine rings is 1. The van der Waals surface area contributed by atoms with Crippen LogP contribution in [0.1, 0.15) is 37.8 Å². The van der Waals surface area contributed by atoms with Gasteiger partial charge in [0.1, 0.15) is 11.8 Å². The van der Waals surface area contributed by atoms with E-state index in [4.69, 9.17) is 9.26 Å². The van der Waals surface area contributed by atoms with Gasteiger partial charge in [0.2, 0.25) is 5.91 Å². The zero-order valence-electron chi connectivity index (χ0n) is 16.6. The molecule has 29 heavy (non-hydrogen) atoms. The lowest BCUT2D eigenvalue weighted by Crippen LogP contribution is -2.45. The van der Waals surface area contributed by atoms with Crippen molar-refractivity contribution in [3.05, 3.63) is 30.0 Å². The van der Waals surface area contributed by atoms with Crippen LogP contribution in [0.4, 0.5) is 0 Å². The van der Waals surface area contributed by atoms with Crippen LogP contribution in [0, 0.1) is 5.41 Å². The van der Waals surface area contributed by atoms with Gasteiger partial charge in [0.25, 0.3) is 0 Å². The molecule has 154 valence electrons.